The van der Waals surface area contributed by atoms with E-state index in [-0.39, 0.29) is 0 Å². The topological polar surface area (TPSA) is 17.1 Å². The number of Topliss-reactive ketones (excluding diaryl/α,β-unsaturated/α-hetero) is 1. The highest BCUT2D eigenvalue weighted by Crippen LogP contribution is 2.15. The number of hydrogen-bond acceptors (Lipinski definition) is 1. The van der Waals surface area contributed by atoms with Crippen molar-refractivity contribution in [3.05, 3.63) is 21.8 Å². The number of carbonyl (C=O) groups excluding carboxylic acids is 1. The van der Waals surface area contributed by atoms with Crippen LogP contribution in [0, 0.1) is 0 Å². The fourth-order valence-electron chi connectivity index (χ4n) is 1.01. The molecule has 0 unspecified atom stereocenters. The Kier molecular flexibility index (Phi) is 3.12. The Morgan fingerprint density at radius 2 is 2.40 bits per heavy atom. The molecule has 10 heavy (non-hydrogen) atoms. The van der Waals surface area contributed by atoms with Gasteiger partial charge in [0.05, 0.1) is 0 Å². The van der Waals surface area contributed by atoms with Gasteiger partial charge in [-0.25, -0.2) is 0 Å². The van der Waals surface area contributed by atoms with Gasteiger partial charge in [0.2, 0.25) is 0 Å². The second-order valence-electron chi connectivity index (χ2n) is 2.27. The number of hydrogen-bond donors (Lipinski definition) is 0. The zero-order valence-corrected chi connectivity index (χ0v) is 7.80. The molecule has 0 saturated carbocycles. The zero-order valence-electron chi connectivity index (χ0n) is 5.64. The maximum atomic E-state index is 11.1. The molecule has 2 heteroatoms. The minimum absolute atomic E-state index is 0.291. The first-order chi connectivity index (χ1) is 4.84. The van der Waals surface area contributed by atoms with Gasteiger partial charge in [0.15, 0.2) is 5.78 Å². The fourth-order valence-corrected chi connectivity index (χ4v) is 1.39. The van der Waals surface area contributed by atoms with Crippen molar-refractivity contribution < 1.29 is 4.79 Å². The van der Waals surface area contributed by atoms with Crippen LogP contribution in [0.3, 0.4) is 0 Å². The maximum Gasteiger partial charge on any atom is 0.162 e. The summed E-state index contributed by atoms with van der Waals surface area (Å²) < 4.78 is 1.88. The molecule has 1 nitrogen and oxygen atoms in total. The van der Waals surface area contributed by atoms with Gasteiger partial charge in [0, 0.05) is 12.0 Å². The van der Waals surface area contributed by atoms with Gasteiger partial charge in [-0.3, -0.25) is 4.79 Å². The minimum Gasteiger partial charge on any atom is -0.294 e. The summed E-state index contributed by atoms with van der Waals surface area (Å²) in [6.07, 6.45) is 6.70. The highest BCUT2D eigenvalue weighted by Gasteiger charge is 2.09. The highest BCUT2D eigenvalue weighted by atomic mass is 127. The summed E-state index contributed by atoms with van der Waals surface area (Å²) in [4.78, 5) is 11.1. The Morgan fingerprint density at radius 1 is 1.60 bits per heavy atom. The van der Waals surface area contributed by atoms with E-state index in [0.29, 0.717) is 5.78 Å². The lowest BCUT2D eigenvalue weighted by atomic mass is 9.98. The van der Waals surface area contributed by atoms with Gasteiger partial charge in [0.1, 0.15) is 0 Å². The minimum atomic E-state index is 0.291. The molecule has 1 rings (SSSR count). The molecule has 1 aliphatic carbocycles. The van der Waals surface area contributed by atoms with Gasteiger partial charge in [-0.1, -0.05) is 28.7 Å². The van der Waals surface area contributed by atoms with Crippen molar-refractivity contribution in [2.24, 2.45) is 0 Å². The molecule has 0 heterocycles. The average molecular weight is 248 g/mol. The summed E-state index contributed by atoms with van der Waals surface area (Å²) >= 11 is 2.13. The first-order valence-corrected chi connectivity index (χ1v) is 4.59. The Morgan fingerprint density at radius 3 is 3.00 bits per heavy atom. The van der Waals surface area contributed by atoms with Crippen LogP contribution in [-0.2, 0) is 4.79 Å². The Hall–Kier alpha value is -0.120. The van der Waals surface area contributed by atoms with E-state index >= 15 is 0 Å². The third-order valence-corrected chi connectivity index (χ3v) is 1.90. The number of allylic oxidation sites excluding steroid dienone is 3. The van der Waals surface area contributed by atoms with Crippen molar-refractivity contribution in [1.82, 2.24) is 0 Å². The van der Waals surface area contributed by atoms with Gasteiger partial charge in [-0.05, 0) is 23.0 Å². The number of rotatable bonds is 1. The standard InChI is InChI=1S/C8H9IO/c9-6-5-7-3-1-2-4-8(7)10/h3,5-6H,1-2,4H2. The summed E-state index contributed by atoms with van der Waals surface area (Å²) in [6.45, 7) is 0. The van der Waals surface area contributed by atoms with Gasteiger partial charge in [-0.15, -0.1) is 0 Å². The number of ketones is 1. The summed E-state index contributed by atoms with van der Waals surface area (Å²) in [7, 11) is 0. The molecule has 0 bridgehead atoms. The van der Waals surface area contributed by atoms with E-state index in [4.69, 9.17) is 0 Å². The lowest BCUT2D eigenvalue weighted by Crippen LogP contribution is -2.04. The Labute approximate surface area is 74.3 Å². The molecule has 0 fully saturated rings. The van der Waals surface area contributed by atoms with Gasteiger partial charge in [-0.2, -0.15) is 0 Å². The van der Waals surface area contributed by atoms with E-state index in [1.807, 2.05) is 16.2 Å². The van der Waals surface area contributed by atoms with E-state index in [1.165, 1.54) is 0 Å². The Balaban J connectivity index is 2.71. The van der Waals surface area contributed by atoms with Crippen LogP contribution in [0.15, 0.2) is 21.8 Å². The highest BCUT2D eigenvalue weighted by molar-refractivity contribution is 14.1. The van der Waals surface area contributed by atoms with Crippen molar-refractivity contribution in [3.63, 3.8) is 0 Å². The van der Waals surface area contributed by atoms with Crippen molar-refractivity contribution in [1.29, 1.82) is 0 Å². The van der Waals surface area contributed by atoms with Crippen molar-refractivity contribution in [3.8, 4) is 0 Å². The SMILES string of the molecule is O=C1CCCC=C1C=CI. The predicted molar refractivity (Wildman–Crippen MR) is 50.1 cm³/mol. The molecular weight excluding hydrogens is 239 g/mol. The Bertz CT molecular complexity index is 191. The molecule has 0 spiro atoms. The monoisotopic (exact) mass is 248 g/mol. The molecule has 0 N–H and O–H groups in total. The number of carbonyl (C=O) groups is 1. The summed E-state index contributed by atoms with van der Waals surface area (Å²) in [5.74, 6) is 0.291. The van der Waals surface area contributed by atoms with Crippen LogP contribution in [-0.4, -0.2) is 5.78 Å². The van der Waals surface area contributed by atoms with Gasteiger partial charge in [0.25, 0.3) is 0 Å². The van der Waals surface area contributed by atoms with Crippen LogP contribution in [0.2, 0.25) is 0 Å². The molecule has 0 amide bonds. The van der Waals surface area contributed by atoms with E-state index < -0.39 is 0 Å². The predicted octanol–water partition coefficient (Wildman–Crippen LogP) is 2.61. The van der Waals surface area contributed by atoms with Crippen molar-refractivity contribution >= 4 is 28.4 Å². The summed E-state index contributed by atoms with van der Waals surface area (Å²) in [5, 5.41) is 0. The molecule has 0 atom stereocenters. The normalized spacial score (nSPS) is 19.7. The lowest BCUT2D eigenvalue weighted by Gasteiger charge is -2.06. The van der Waals surface area contributed by atoms with Crippen molar-refractivity contribution in [2.75, 3.05) is 0 Å². The molecule has 0 aliphatic heterocycles. The third-order valence-electron chi connectivity index (χ3n) is 1.54. The first-order valence-electron chi connectivity index (χ1n) is 3.34. The quantitative estimate of drug-likeness (QED) is 0.652. The summed E-state index contributed by atoms with van der Waals surface area (Å²) in [6, 6.07) is 0. The fraction of sp³-hybridized carbons (Fsp3) is 0.375. The van der Waals surface area contributed by atoms with Crippen LogP contribution >= 0.6 is 22.6 Å². The van der Waals surface area contributed by atoms with E-state index in [0.717, 1.165) is 24.8 Å². The molecule has 0 aromatic rings. The largest absolute Gasteiger partial charge is 0.294 e. The molecule has 0 saturated heterocycles. The van der Waals surface area contributed by atoms with Crippen LogP contribution in [0.1, 0.15) is 19.3 Å². The molecule has 0 aromatic heterocycles. The third kappa shape index (κ3) is 1.94. The second-order valence-corrected chi connectivity index (χ2v) is 2.99. The molecule has 54 valence electrons. The molecule has 0 radical (unpaired) electrons. The van der Waals surface area contributed by atoms with E-state index in [1.54, 1.807) is 0 Å². The van der Waals surface area contributed by atoms with E-state index in [9.17, 15) is 4.79 Å². The maximum absolute atomic E-state index is 11.1. The first kappa shape index (κ1) is 7.98. The summed E-state index contributed by atoms with van der Waals surface area (Å²) in [5.41, 5.74) is 0.889. The number of halogens is 1. The van der Waals surface area contributed by atoms with E-state index in [2.05, 4.69) is 22.6 Å². The average Bonchev–Trinajstić information content (AvgIpc) is 1.94. The second kappa shape index (κ2) is 3.91. The zero-order chi connectivity index (χ0) is 7.40. The van der Waals surface area contributed by atoms with Crippen LogP contribution in [0.5, 0.6) is 0 Å². The van der Waals surface area contributed by atoms with Gasteiger partial charge >= 0.3 is 0 Å². The lowest BCUT2D eigenvalue weighted by molar-refractivity contribution is -0.115. The molecule has 1 aliphatic rings. The van der Waals surface area contributed by atoms with Crippen LogP contribution < -0.4 is 0 Å². The van der Waals surface area contributed by atoms with Crippen LogP contribution in [0.25, 0.3) is 0 Å². The molecule has 0 aromatic carbocycles. The smallest absolute Gasteiger partial charge is 0.162 e. The van der Waals surface area contributed by atoms with Crippen molar-refractivity contribution in [2.45, 2.75) is 19.3 Å². The van der Waals surface area contributed by atoms with Gasteiger partial charge < -0.3 is 0 Å². The van der Waals surface area contributed by atoms with Crippen LogP contribution in [0.4, 0.5) is 0 Å². The molecular formula is C8H9IO.